The molecule has 1 rings (SSSR count). The van der Waals surface area contributed by atoms with Crippen LogP contribution >= 0.6 is 11.6 Å². The molecule has 0 aromatic carbocycles. The van der Waals surface area contributed by atoms with Crippen molar-refractivity contribution in [2.75, 3.05) is 11.9 Å². The molecule has 0 atom stereocenters. The summed E-state index contributed by atoms with van der Waals surface area (Å²) in [6.07, 6.45) is -1.16. The van der Waals surface area contributed by atoms with E-state index < -0.39 is 13.0 Å². The van der Waals surface area contributed by atoms with Crippen LogP contribution in [-0.4, -0.2) is 18.0 Å². The van der Waals surface area contributed by atoms with E-state index in [1.165, 1.54) is 12.3 Å². The molecule has 0 aliphatic rings. The average Bonchev–Trinajstić information content (AvgIpc) is 2.16. The maximum absolute atomic E-state index is 11.8. The third kappa shape index (κ3) is 2.54. The molecule has 0 fully saturated rings. The molecule has 1 aromatic rings. The third-order valence-electron chi connectivity index (χ3n) is 1.43. The van der Waals surface area contributed by atoms with Gasteiger partial charge in [-0.2, -0.15) is 5.26 Å². The molecule has 14 heavy (non-hydrogen) atoms. The lowest BCUT2D eigenvalue weighted by atomic mass is 10.3. The number of nitrogens with zero attached hydrogens (tertiary/aromatic N) is 2. The summed E-state index contributed by atoms with van der Waals surface area (Å²) in [6.45, 7) is -0.540. The molecule has 1 aromatic heterocycles. The highest BCUT2D eigenvalue weighted by Crippen LogP contribution is 2.22. The fraction of sp³-hybridized carbons (Fsp3) is 0.250. The van der Waals surface area contributed by atoms with Crippen molar-refractivity contribution < 1.29 is 8.78 Å². The van der Waals surface area contributed by atoms with Crippen molar-refractivity contribution in [3.05, 3.63) is 22.8 Å². The van der Waals surface area contributed by atoms with Crippen LogP contribution in [-0.2, 0) is 0 Å². The molecule has 6 heteroatoms. The number of pyridine rings is 1. The number of alkyl halides is 2. The quantitative estimate of drug-likeness (QED) is 0.845. The summed E-state index contributed by atoms with van der Waals surface area (Å²) in [5.41, 5.74) is 0.207. The Hall–Kier alpha value is -1.41. The van der Waals surface area contributed by atoms with Gasteiger partial charge < -0.3 is 5.32 Å². The van der Waals surface area contributed by atoms with Crippen LogP contribution in [0.5, 0.6) is 0 Å². The molecule has 0 spiro atoms. The summed E-state index contributed by atoms with van der Waals surface area (Å²) in [5, 5.41) is 11.0. The van der Waals surface area contributed by atoms with Crippen molar-refractivity contribution in [1.82, 2.24) is 4.98 Å². The molecule has 0 radical (unpaired) electrons. The zero-order valence-corrected chi connectivity index (χ0v) is 7.72. The van der Waals surface area contributed by atoms with E-state index in [1.54, 1.807) is 0 Å². The second kappa shape index (κ2) is 4.72. The summed E-state index contributed by atoms with van der Waals surface area (Å²) in [6, 6.07) is 3.24. The first-order valence-corrected chi connectivity index (χ1v) is 4.09. The molecule has 1 N–H and O–H groups in total. The summed E-state index contributed by atoms with van der Waals surface area (Å²) in [5.74, 6) is 0.103. The molecule has 74 valence electrons. The number of anilines is 1. The summed E-state index contributed by atoms with van der Waals surface area (Å²) in [7, 11) is 0. The number of hydrogen-bond acceptors (Lipinski definition) is 3. The van der Waals surface area contributed by atoms with Gasteiger partial charge in [-0.05, 0) is 6.07 Å². The van der Waals surface area contributed by atoms with Gasteiger partial charge in [0, 0.05) is 6.20 Å². The van der Waals surface area contributed by atoms with Crippen LogP contribution < -0.4 is 5.32 Å². The molecule has 0 saturated carbocycles. The van der Waals surface area contributed by atoms with Gasteiger partial charge in [0.1, 0.15) is 16.9 Å². The molecule has 0 unspecified atom stereocenters. The molecule has 0 bridgehead atoms. The van der Waals surface area contributed by atoms with Crippen molar-refractivity contribution >= 4 is 17.4 Å². The normalized spacial score (nSPS) is 9.93. The van der Waals surface area contributed by atoms with Crippen molar-refractivity contribution in [1.29, 1.82) is 5.26 Å². The fourth-order valence-corrected chi connectivity index (χ4v) is 1.05. The van der Waals surface area contributed by atoms with Gasteiger partial charge in [0.2, 0.25) is 0 Å². The van der Waals surface area contributed by atoms with Crippen LogP contribution in [0.2, 0.25) is 5.02 Å². The number of halogens is 3. The average molecular weight is 218 g/mol. The molecule has 0 aliphatic heterocycles. The van der Waals surface area contributed by atoms with Crippen molar-refractivity contribution in [3.8, 4) is 6.07 Å². The predicted molar refractivity (Wildman–Crippen MR) is 48.5 cm³/mol. The van der Waals surface area contributed by atoms with E-state index in [-0.39, 0.29) is 16.4 Å². The molecule has 0 saturated heterocycles. The molecule has 0 aliphatic carbocycles. The lowest BCUT2D eigenvalue weighted by molar-refractivity contribution is 0.163. The van der Waals surface area contributed by atoms with E-state index in [2.05, 4.69) is 10.3 Å². The Labute approximate surface area is 84.3 Å². The van der Waals surface area contributed by atoms with E-state index in [0.29, 0.717) is 0 Å². The highest BCUT2D eigenvalue weighted by atomic mass is 35.5. The lowest BCUT2D eigenvalue weighted by Crippen LogP contribution is -2.11. The minimum atomic E-state index is -2.49. The lowest BCUT2D eigenvalue weighted by Gasteiger charge is -2.06. The molecular weight excluding hydrogens is 212 g/mol. The van der Waals surface area contributed by atoms with Crippen LogP contribution in [0.1, 0.15) is 5.56 Å². The maximum Gasteiger partial charge on any atom is 0.255 e. The smallest absolute Gasteiger partial charge is 0.255 e. The zero-order valence-electron chi connectivity index (χ0n) is 6.97. The Kier molecular flexibility index (Phi) is 3.60. The Morgan fingerprint density at radius 1 is 1.64 bits per heavy atom. The Bertz CT molecular complexity index is 362. The van der Waals surface area contributed by atoms with Gasteiger partial charge in [0.05, 0.1) is 12.1 Å². The molecule has 1 heterocycles. The molecule has 3 nitrogen and oxygen atoms in total. The second-order valence-corrected chi connectivity index (χ2v) is 2.78. The van der Waals surface area contributed by atoms with E-state index in [4.69, 9.17) is 16.9 Å². The van der Waals surface area contributed by atoms with Gasteiger partial charge in [0.25, 0.3) is 6.43 Å². The van der Waals surface area contributed by atoms with E-state index >= 15 is 0 Å². The van der Waals surface area contributed by atoms with E-state index in [9.17, 15) is 8.78 Å². The van der Waals surface area contributed by atoms with Crippen molar-refractivity contribution in [2.45, 2.75) is 6.43 Å². The monoisotopic (exact) mass is 217 g/mol. The summed E-state index contributed by atoms with van der Waals surface area (Å²) >= 11 is 5.70. The van der Waals surface area contributed by atoms with Crippen LogP contribution in [0.3, 0.4) is 0 Å². The van der Waals surface area contributed by atoms with Gasteiger partial charge in [0.15, 0.2) is 0 Å². The highest BCUT2D eigenvalue weighted by Gasteiger charge is 2.08. The zero-order chi connectivity index (χ0) is 10.6. The van der Waals surface area contributed by atoms with Gasteiger partial charge in [-0.1, -0.05) is 11.6 Å². The first kappa shape index (κ1) is 10.7. The summed E-state index contributed by atoms with van der Waals surface area (Å²) in [4.78, 5) is 3.73. The van der Waals surface area contributed by atoms with E-state index in [1.807, 2.05) is 6.07 Å². The minimum Gasteiger partial charge on any atom is -0.363 e. The van der Waals surface area contributed by atoms with E-state index in [0.717, 1.165) is 0 Å². The van der Waals surface area contributed by atoms with Gasteiger partial charge >= 0.3 is 0 Å². The Morgan fingerprint density at radius 2 is 2.36 bits per heavy atom. The van der Waals surface area contributed by atoms with Crippen LogP contribution in [0, 0.1) is 11.3 Å². The van der Waals surface area contributed by atoms with Crippen molar-refractivity contribution in [2.24, 2.45) is 0 Å². The first-order valence-electron chi connectivity index (χ1n) is 3.71. The standard InChI is InChI=1S/C8H6ClF2N3/c9-7-5(3-12)1-2-13-8(7)14-4-6(10)11/h1-2,6H,4H2,(H,13,14). The van der Waals surface area contributed by atoms with Crippen LogP contribution in [0.4, 0.5) is 14.6 Å². The summed E-state index contributed by atoms with van der Waals surface area (Å²) < 4.78 is 23.7. The SMILES string of the molecule is N#Cc1ccnc(NCC(F)F)c1Cl. The Balaban J connectivity index is 2.83. The van der Waals surface area contributed by atoms with Crippen LogP contribution in [0.15, 0.2) is 12.3 Å². The van der Waals surface area contributed by atoms with Crippen LogP contribution in [0.25, 0.3) is 0 Å². The molecule has 0 amide bonds. The highest BCUT2D eigenvalue weighted by molar-refractivity contribution is 6.34. The fourth-order valence-electron chi connectivity index (χ4n) is 0.827. The van der Waals surface area contributed by atoms with Gasteiger partial charge in [-0.3, -0.25) is 0 Å². The predicted octanol–water partition coefficient (Wildman–Crippen LogP) is 2.28. The first-order chi connectivity index (χ1) is 6.65. The number of aromatic nitrogens is 1. The number of nitriles is 1. The molecular formula is C8H6ClF2N3. The topological polar surface area (TPSA) is 48.7 Å². The minimum absolute atomic E-state index is 0.0654. The maximum atomic E-state index is 11.8. The number of hydrogen-bond donors (Lipinski definition) is 1. The van der Waals surface area contributed by atoms with Gasteiger partial charge in [-0.15, -0.1) is 0 Å². The largest absolute Gasteiger partial charge is 0.363 e. The Morgan fingerprint density at radius 3 is 2.93 bits per heavy atom. The van der Waals surface area contributed by atoms with Crippen molar-refractivity contribution in [3.63, 3.8) is 0 Å². The van der Waals surface area contributed by atoms with Gasteiger partial charge in [-0.25, -0.2) is 13.8 Å². The second-order valence-electron chi connectivity index (χ2n) is 2.40. The number of rotatable bonds is 3. The number of nitrogens with one attached hydrogen (secondary N) is 1. The third-order valence-corrected chi connectivity index (χ3v) is 1.82.